The van der Waals surface area contributed by atoms with Crippen molar-refractivity contribution < 1.29 is 9.53 Å². The van der Waals surface area contributed by atoms with Crippen LogP contribution in [-0.2, 0) is 13.0 Å². The average molecular weight is 414 g/mol. The lowest BCUT2D eigenvalue weighted by Crippen LogP contribution is -2.11. The Morgan fingerprint density at radius 3 is 2.81 bits per heavy atom. The first-order chi connectivity index (χ1) is 15.2. The Morgan fingerprint density at radius 2 is 1.97 bits per heavy atom. The quantitative estimate of drug-likeness (QED) is 0.460. The highest BCUT2D eigenvalue weighted by Gasteiger charge is 2.22. The lowest BCUT2D eigenvalue weighted by Gasteiger charge is -2.14. The maximum Gasteiger partial charge on any atom is 0.250 e. The highest BCUT2D eigenvalue weighted by molar-refractivity contribution is 6.07. The topological polar surface area (TPSA) is 119 Å². The zero-order valence-electron chi connectivity index (χ0n) is 16.9. The molecule has 156 valence electrons. The van der Waals surface area contributed by atoms with Crippen molar-refractivity contribution in [3.8, 4) is 17.3 Å². The van der Waals surface area contributed by atoms with Gasteiger partial charge in [-0.1, -0.05) is 42.5 Å². The van der Waals surface area contributed by atoms with Crippen molar-refractivity contribution >= 4 is 22.6 Å². The minimum Gasteiger partial charge on any atom is -0.488 e. The van der Waals surface area contributed by atoms with Gasteiger partial charge in [-0.3, -0.25) is 9.89 Å². The number of nitrogens with zero attached hydrogens (tertiary/aromatic N) is 3. The van der Waals surface area contributed by atoms with E-state index in [1.165, 1.54) is 0 Å². The van der Waals surface area contributed by atoms with Crippen LogP contribution >= 0.6 is 0 Å². The highest BCUT2D eigenvalue weighted by Crippen LogP contribution is 2.34. The van der Waals surface area contributed by atoms with E-state index in [-0.39, 0.29) is 0 Å². The number of para-hydroxylation sites is 1. The third kappa shape index (κ3) is 3.68. The second-order valence-corrected chi connectivity index (χ2v) is 7.48. The molecular weight excluding hydrogens is 392 g/mol. The number of aromatic amines is 1. The molecule has 3 heterocycles. The second kappa shape index (κ2) is 8.06. The van der Waals surface area contributed by atoms with Crippen LogP contribution in [0.5, 0.6) is 5.75 Å². The van der Waals surface area contributed by atoms with Gasteiger partial charge in [-0.15, -0.1) is 0 Å². The summed E-state index contributed by atoms with van der Waals surface area (Å²) in [5.41, 5.74) is 9.06. The third-order valence-electron chi connectivity index (χ3n) is 5.37. The summed E-state index contributed by atoms with van der Waals surface area (Å²) in [6.07, 6.45) is 2.77. The molecule has 1 aliphatic rings. The molecule has 0 saturated carbocycles. The van der Waals surface area contributed by atoms with Crippen molar-refractivity contribution in [2.75, 3.05) is 11.9 Å². The Kier molecular flexibility index (Phi) is 4.95. The van der Waals surface area contributed by atoms with Crippen LogP contribution in [0.25, 0.3) is 22.4 Å². The Balaban J connectivity index is 1.59. The number of H-pyrrole nitrogens is 1. The van der Waals surface area contributed by atoms with Gasteiger partial charge in [0.05, 0.1) is 23.4 Å². The monoisotopic (exact) mass is 414 g/mol. The smallest absolute Gasteiger partial charge is 0.250 e. The van der Waals surface area contributed by atoms with Crippen molar-refractivity contribution in [3.63, 3.8) is 0 Å². The molecular formula is C23H22N6O2. The first-order valence-electron chi connectivity index (χ1n) is 10.3. The summed E-state index contributed by atoms with van der Waals surface area (Å²) in [5.74, 6) is 1.32. The number of aromatic nitrogens is 4. The summed E-state index contributed by atoms with van der Waals surface area (Å²) in [6, 6.07) is 15.4. The molecule has 0 atom stereocenters. The summed E-state index contributed by atoms with van der Waals surface area (Å²) in [6.45, 7) is 1.25. The van der Waals surface area contributed by atoms with E-state index in [0.717, 1.165) is 35.9 Å². The fraction of sp³-hybridized carbons (Fsp3) is 0.217. The van der Waals surface area contributed by atoms with Gasteiger partial charge in [0.1, 0.15) is 5.69 Å². The summed E-state index contributed by atoms with van der Waals surface area (Å²) >= 11 is 0. The van der Waals surface area contributed by atoms with E-state index in [2.05, 4.69) is 27.6 Å². The number of aryl methyl sites for hydroxylation is 1. The highest BCUT2D eigenvalue weighted by atomic mass is 16.5. The molecule has 1 aliphatic heterocycles. The van der Waals surface area contributed by atoms with E-state index in [1.807, 2.05) is 24.3 Å². The largest absolute Gasteiger partial charge is 0.488 e. The number of ether oxygens (including phenoxy) is 1. The molecule has 0 aliphatic carbocycles. The van der Waals surface area contributed by atoms with Gasteiger partial charge in [0.25, 0.3) is 5.91 Å². The summed E-state index contributed by atoms with van der Waals surface area (Å²) in [4.78, 5) is 21.3. The zero-order chi connectivity index (χ0) is 21.2. The number of nitrogens with one attached hydrogen (secondary N) is 2. The van der Waals surface area contributed by atoms with E-state index >= 15 is 0 Å². The van der Waals surface area contributed by atoms with E-state index in [9.17, 15) is 4.79 Å². The van der Waals surface area contributed by atoms with Gasteiger partial charge in [-0.2, -0.15) is 5.10 Å². The molecule has 0 radical (unpaired) electrons. The standard InChI is InChI=1S/C23H22N6O2/c24-21(30)16-10-6-9-15-18(16)28-29-19(15)22-26-17-11-4-5-12-31-20(17)23(27-22)25-13-14-7-2-1-3-8-14/h1-3,6-10H,4-5,11-13H2,(H2,24,30)(H,28,29)(H,25,26,27). The number of hydrogen-bond acceptors (Lipinski definition) is 6. The summed E-state index contributed by atoms with van der Waals surface area (Å²) in [7, 11) is 0. The molecule has 2 aromatic carbocycles. The molecule has 2 aromatic heterocycles. The predicted molar refractivity (Wildman–Crippen MR) is 118 cm³/mol. The third-order valence-corrected chi connectivity index (χ3v) is 5.37. The molecule has 8 nitrogen and oxygen atoms in total. The number of anilines is 1. The molecule has 4 N–H and O–H groups in total. The summed E-state index contributed by atoms with van der Waals surface area (Å²) in [5, 5.41) is 11.5. The van der Waals surface area contributed by atoms with Gasteiger partial charge in [-0.05, 0) is 30.9 Å². The van der Waals surface area contributed by atoms with Crippen molar-refractivity contribution in [1.29, 1.82) is 0 Å². The minimum atomic E-state index is -0.512. The molecule has 1 amide bonds. The molecule has 0 unspecified atom stereocenters. The van der Waals surface area contributed by atoms with Gasteiger partial charge in [0.2, 0.25) is 0 Å². The Hall–Kier alpha value is -3.94. The number of primary amides is 1. The fourth-order valence-corrected chi connectivity index (χ4v) is 3.81. The van der Waals surface area contributed by atoms with E-state index < -0.39 is 5.91 Å². The van der Waals surface area contributed by atoms with Gasteiger partial charge in [-0.25, -0.2) is 9.97 Å². The number of nitrogens with two attached hydrogens (primary N) is 1. The van der Waals surface area contributed by atoms with Crippen LogP contribution in [0.2, 0.25) is 0 Å². The van der Waals surface area contributed by atoms with Crippen LogP contribution in [0.3, 0.4) is 0 Å². The molecule has 0 fully saturated rings. The van der Waals surface area contributed by atoms with Crippen molar-refractivity contribution in [2.45, 2.75) is 25.8 Å². The van der Waals surface area contributed by atoms with Crippen LogP contribution < -0.4 is 15.8 Å². The lowest BCUT2D eigenvalue weighted by atomic mass is 10.1. The zero-order valence-corrected chi connectivity index (χ0v) is 16.9. The number of carbonyl (C=O) groups excluding carboxylic acids is 1. The number of benzene rings is 2. The van der Waals surface area contributed by atoms with E-state index in [4.69, 9.17) is 20.4 Å². The van der Waals surface area contributed by atoms with Crippen LogP contribution in [-0.4, -0.2) is 32.7 Å². The number of hydrogen-bond donors (Lipinski definition) is 3. The first-order valence-corrected chi connectivity index (χ1v) is 10.3. The summed E-state index contributed by atoms with van der Waals surface area (Å²) < 4.78 is 6.00. The van der Waals surface area contributed by atoms with E-state index in [1.54, 1.807) is 12.1 Å². The second-order valence-electron chi connectivity index (χ2n) is 7.48. The van der Waals surface area contributed by atoms with Gasteiger partial charge in [0.15, 0.2) is 17.4 Å². The molecule has 0 spiro atoms. The Labute approximate surface area is 178 Å². The van der Waals surface area contributed by atoms with Crippen molar-refractivity contribution in [3.05, 3.63) is 65.4 Å². The lowest BCUT2D eigenvalue weighted by molar-refractivity contribution is 0.100. The Morgan fingerprint density at radius 1 is 1.10 bits per heavy atom. The molecule has 0 saturated heterocycles. The fourth-order valence-electron chi connectivity index (χ4n) is 3.81. The van der Waals surface area contributed by atoms with E-state index in [0.29, 0.717) is 47.3 Å². The molecule has 4 aromatic rings. The predicted octanol–water partition coefficient (Wildman–Crippen LogP) is 3.45. The normalized spacial score (nSPS) is 13.3. The molecule has 8 heteroatoms. The van der Waals surface area contributed by atoms with Gasteiger partial charge >= 0.3 is 0 Å². The van der Waals surface area contributed by atoms with Crippen LogP contribution in [0.1, 0.15) is 34.5 Å². The van der Waals surface area contributed by atoms with Crippen molar-refractivity contribution in [2.24, 2.45) is 5.73 Å². The number of amides is 1. The number of rotatable bonds is 5. The van der Waals surface area contributed by atoms with Gasteiger partial charge in [0, 0.05) is 11.9 Å². The Bertz CT molecular complexity index is 1250. The number of carbonyl (C=O) groups is 1. The SMILES string of the molecule is NC(=O)c1cccc2c(-c3nc4c(c(NCc5ccccc5)n3)OCCCC4)n[nH]c12. The minimum absolute atomic E-state index is 0.386. The number of fused-ring (bicyclic) bond motifs is 2. The average Bonchev–Trinajstić information content (AvgIpc) is 3.08. The van der Waals surface area contributed by atoms with Crippen LogP contribution in [0.4, 0.5) is 5.82 Å². The molecule has 31 heavy (non-hydrogen) atoms. The van der Waals surface area contributed by atoms with Crippen molar-refractivity contribution in [1.82, 2.24) is 20.2 Å². The van der Waals surface area contributed by atoms with Crippen LogP contribution in [0.15, 0.2) is 48.5 Å². The maximum absolute atomic E-state index is 11.8. The molecule has 5 rings (SSSR count). The maximum atomic E-state index is 11.8. The molecule has 0 bridgehead atoms. The van der Waals surface area contributed by atoms with Gasteiger partial charge < -0.3 is 15.8 Å². The first kappa shape index (κ1) is 19.0. The van der Waals surface area contributed by atoms with Crippen LogP contribution in [0, 0.1) is 0 Å².